The Morgan fingerprint density at radius 3 is 1.97 bits per heavy atom. The van der Waals surface area contributed by atoms with Crippen molar-refractivity contribution in [2.24, 2.45) is 0 Å². The Balaban J connectivity index is 1.74. The summed E-state index contributed by atoms with van der Waals surface area (Å²) in [7, 11) is 0. The SMILES string of the molecule is c1ccc(-c2ncc(C(c3ccccc3)n3cncn3)c(-c3ccccc3)n2)cc1. The highest BCUT2D eigenvalue weighted by Crippen LogP contribution is 2.33. The van der Waals surface area contributed by atoms with E-state index in [1.54, 1.807) is 12.7 Å². The molecule has 1 atom stereocenters. The maximum absolute atomic E-state index is 5.00. The molecule has 0 aliphatic rings. The van der Waals surface area contributed by atoms with Gasteiger partial charge in [0.25, 0.3) is 0 Å². The minimum atomic E-state index is -0.186. The van der Waals surface area contributed by atoms with Gasteiger partial charge < -0.3 is 0 Å². The molecule has 0 aliphatic heterocycles. The van der Waals surface area contributed by atoms with Crippen LogP contribution in [0.2, 0.25) is 0 Å². The summed E-state index contributed by atoms with van der Waals surface area (Å²) in [6.07, 6.45) is 5.20. The Morgan fingerprint density at radius 1 is 0.700 bits per heavy atom. The number of hydrogen-bond acceptors (Lipinski definition) is 4. The summed E-state index contributed by atoms with van der Waals surface area (Å²) in [6, 6.07) is 30.3. The first-order valence-corrected chi connectivity index (χ1v) is 9.77. The number of benzene rings is 3. The molecule has 0 spiro atoms. The third-order valence-corrected chi connectivity index (χ3v) is 5.01. The zero-order valence-electron chi connectivity index (χ0n) is 16.2. The fourth-order valence-electron chi connectivity index (χ4n) is 3.61. The quantitative estimate of drug-likeness (QED) is 0.423. The first kappa shape index (κ1) is 17.9. The summed E-state index contributed by atoms with van der Waals surface area (Å²) in [6.45, 7) is 0. The molecule has 0 saturated carbocycles. The average Bonchev–Trinajstić information content (AvgIpc) is 3.36. The Bertz CT molecular complexity index is 1220. The average molecular weight is 389 g/mol. The maximum atomic E-state index is 5.00. The predicted octanol–water partition coefficient (Wildman–Crippen LogP) is 5.04. The van der Waals surface area contributed by atoms with E-state index in [4.69, 9.17) is 9.97 Å². The second kappa shape index (κ2) is 8.09. The van der Waals surface area contributed by atoms with Crippen molar-refractivity contribution in [1.82, 2.24) is 24.7 Å². The van der Waals surface area contributed by atoms with E-state index in [0.717, 1.165) is 27.9 Å². The highest BCUT2D eigenvalue weighted by atomic mass is 15.3. The second-order valence-electron chi connectivity index (χ2n) is 6.92. The molecular weight excluding hydrogens is 370 g/mol. The Labute approximate surface area is 174 Å². The molecular formula is C25H19N5. The number of rotatable bonds is 5. The largest absolute Gasteiger partial charge is 0.241 e. The van der Waals surface area contributed by atoms with E-state index in [2.05, 4.69) is 34.3 Å². The molecule has 5 aromatic rings. The first-order chi connectivity index (χ1) is 14.9. The molecule has 5 heteroatoms. The van der Waals surface area contributed by atoms with Gasteiger partial charge in [-0.3, -0.25) is 0 Å². The molecule has 2 heterocycles. The number of nitrogens with zero attached hydrogens (tertiary/aromatic N) is 5. The second-order valence-corrected chi connectivity index (χ2v) is 6.92. The van der Waals surface area contributed by atoms with Crippen LogP contribution in [0.1, 0.15) is 17.2 Å². The minimum absolute atomic E-state index is 0.186. The van der Waals surface area contributed by atoms with Gasteiger partial charge in [-0.1, -0.05) is 91.0 Å². The van der Waals surface area contributed by atoms with Crippen LogP contribution in [0.4, 0.5) is 0 Å². The molecule has 5 nitrogen and oxygen atoms in total. The van der Waals surface area contributed by atoms with Crippen molar-refractivity contribution in [2.75, 3.05) is 0 Å². The van der Waals surface area contributed by atoms with Crippen molar-refractivity contribution in [2.45, 2.75) is 6.04 Å². The lowest BCUT2D eigenvalue weighted by molar-refractivity contribution is 0.591. The normalized spacial score (nSPS) is 11.9. The van der Waals surface area contributed by atoms with E-state index in [1.807, 2.05) is 77.6 Å². The molecule has 0 radical (unpaired) electrons. The zero-order valence-corrected chi connectivity index (χ0v) is 16.2. The van der Waals surface area contributed by atoms with Gasteiger partial charge in [0.2, 0.25) is 0 Å². The number of aromatic nitrogens is 5. The Morgan fingerprint density at radius 2 is 1.33 bits per heavy atom. The summed E-state index contributed by atoms with van der Waals surface area (Å²) in [5, 5.41) is 4.43. The molecule has 30 heavy (non-hydrogen) atoms. The van der Waals surface area contributed by atoms with Crippen molar-refractivity contribution in [3.63, 3.8) is 0 Å². The first-order valence-electron chi connectivity index (χ1n) is 9.77. The van der Waals surface area contributed by atoms with Crippen LogP contribution in [-0.4, -0.2) is 24.7 Å². The fraction of sp³-hybridized carbons (Fsp3) is 0.0400. The van der Waals surface area contributed by atoms with Crippen molar-refractivity contribution in [3.8, 4) is 22.6 Å². The van der Waals surface area contributed by atoms with Gasteiger partial charge in [-0.15, -0.1) is 0 Å². The van der Waals surface area contributed by atoms with E-state index < -0.39 is 0 Å². The smallest absolute Gasteiger partial charge is 0.159 e. The molecule has 5 rings (SSSR count). The third-order valence-electron chi connectivity index (χ3n) is 5.01. The van der Waals surface area contributed by atoms with Crippen molar-refractivity contribution < 1.29 is 0 Å². The van der Waals surface area contributed by atoms with E-state index in [0.29, 0.717) is 5.82 Å². The van der Waals surface area contributed by atoms with E-state index >= 15 is 0 Å². The van der Waals surface area contributed by atoms with Crippen LogP contribution in [0.15, 0.2) is 110 Å². The monoisotopic (exact) mass is 389 g/mol. The van der Waals surface area contributed by atoms with Gasteiger partial charge >= 0.3 is 0 Å². The van der Waals surface area contributed by atoms with Crippen LogP contribution < -0.4 is 0 Å². The third kappa shape index (κ3) is 3.49. The summed E-state index contributed by atoms with van der Waals surface area (Å²) >= 11 is 0. The van der Waals surface area contributed by atoms with E-state index in [9.17, 15) is 0 Å². The summed E-state index contributed by atoms with van der Waals surface area (Å²) in [5.74, 6) is 0.698. The van der Waals surface area contributed by atoms with E-state index in [1.165, 1.54) is 0 Å². The predicted molar refractivity (Wildman–Crippen MR) is 117 cm³/mol. The van der Waals surface area contributed by atoms with Gasteiger partial charge in [-0.05, 0) is 5.56 Å². The lowest BCUT2D eigenvalue weighted by atomic mass is 9.95. The molecule has 0 bridgehead atoms. The zero-order chi connectivity index (χ0) is 20.2. The lowest BCUT2D eigenvalue weighted by Crippen LogP contribution is -2.15. The summed E-state index contributed by atoms with van der Waals surface area (Å²) in [5.41, 5.74) is 4.97. The standard InChI is InChI=1S/C25H19N5/c1-4-10-19(11-5-1)23-22(16-27-25(29-23)21-14-8-3-9-15-21)24(30-18-26-17-28-30)20-12-6-2-7-13-20/h1-18,24H. The Kier molecular flexibility index (Phi) is 4.84. The molecule has 0 fully saturated rings. The molecule has 2 aromatic heterocycles. The summed E-state index contributed by atoms with van der Waals surface area (Å²) in [4.78, 5) is 13.9. The molecule has 3 aromatic carbocycles. The lowest BCUT2D eigenvalue weighted by Gasteiger charge is -2.21. The van der Waals surface area contributed by atoms with Gasteiger partial charge in [0.05, 0.1) is 5.69 Å². The van der Waals surface area contributed by atoms with Crippen LogP contribution in [0, 0.1) is 0 Å². The minimum Gasteiger partial charge on any atom is -0.241 e. The van der Waals surface area contributed by atoms with Crippen LogP contribution in [0.3, 0.4) is 0 Å². The van der Waals surface area contributed by atoms with Crippen molar-refractivity contribution in [1.29, 1.82) is 0 Å². The van der Waals surface area contributed by atoms with Gasteiger partial charge in [-0.2, -0.15) is 5.10 Å². The maximum Gasteiger partial charge on any atom is 0.159 e. The highest BCUT2D eigenvalue weighted by Gasteiger charge is 2.23. The van der Waals surface area contributed by atoms with Crippen molar-refractivity contribution in [3.05, 3.63) is 121 Å². The van der Waals surface area contributed by atoms with Crippen molar-refractivity contribution >= 4 is 0 Å². The van der Waals surface area contributed by atoms with Crippen LogP contribution in [0.5, 0.6) is 0 Å². The molecule has 0 amide bonds. The van der Waals surface area contributed by atoms with Crippen LogP contribution in [0.25, 0.3) is 22.6 Å². The number of hydrogen-bond donors (Lipinski definition) is 0. The van der Waals surface area contributed by atoms with Gasteiger partial charge in [-0.25, -0.2) is 19.6 Å². The van der Waals surface area contributed by atoms with Gasteiger partial charge in [0.1, 0.15) is 18.7 Å². The van der Waals surface area contributed by atoms with Crippen LogP contribution >= 0.6 is 0 Å². The Hall–Kier alpha value is -4.12. The molecule has 1 unspecified atom stereocenters. The van der Waals surface area contributed by atoms with E-state index in [-0.39, 0.29) is 6.04 Å². The van der Waals surface area contributed by atoms with Crippen LogP contribution in [-0.2, 0) is 0 Å². The molecule has 0 aliphatic carbocycles. The topological polar surface area (TPSA) is 56.5 Å². The fourth-order valence-corrected chi connectivity index (χ4v) is 3.61. The molecule has 0 N–H and O–H groups in total. The van der Waals surface area contributed by atoms with Gasteiger partial charge in [0.15, 0.2) is 5.82 Å². The van der Waals surface area contributed by atoms with Gasteiger partial charge in [0, 0.05) is 22.9 Å². The molecule has 0 saturated heterocycles. The highest BCUT2D eigenvalue weighted by molar-refractivity contribution is 5.67. The molecule has 144 valence electrons. The summed E-state index contributed by atoms with van der Waals surface area (Å²) < 4.78 is 1.85.